The fourth-order valence-corrected chi connectivity index (χ4v) is 2.33. The molecule has 0 amide bonds. The Morgan fingerprint density at radius 2 is 2.20 bits per heavy atom. The van der Waals surface area contributed by atoms with E-state index in [1.807, 2.05) is 6.07 Å². The third kappa shape index (κ3) is 3.27. The maximum Gasteiger partial charge on any atom is 0.147 e. The molecule has 104 valence electrons. The van der Waals surface area contributed by atoms with E-state index in [1.165, 1.54) is 0 Å². The van der Waals surface area contributed by atoms with Crippen molar-refractivity contribution >= 4 is 5.82 Å². The van der Waals surface area contributed by atoms with Gasteiger partial charge in [-0.15, -0.1) is 0 Å². The van der Waals surface area contributed by atoms with E-state index in [-0.39, 0.29) is 6.10 Å². The molecule has 0 spiro atoms. The monoisotopic (exact) mass is 271 g/mol. The fraction of sp³-hybridized carbons (Fsp3) is 0.429. The van der Waals surface area contributed by atoms with E-state index >= 15 is 0 Å². The second kappa shape index (κ2) is 6.38. The molecule has 3 heterocycles. The average Bonchev–Trinajstić information content (AvgIpc) is 2.55. The molecule has 1 fully saturated rings. The lowest BCUT2D eigenvalue weighted by molar-refractivity contribution is 0.0350. The Hall–Kier alpha value is -2.08. The van der Waals surface area contributed by atoms with Gasteiger partial charge in [0, 0.05) is 37.4 Å². The van der Waals surface area contributed by atoms with Gasteiger partial charge < -0.3 is 9.64 Å². The summed E-state index contributed by atoms with van der Waals surface area (Å²) in [7, 11) is 0. The molecule has 1 aliphatic heterocycles. The molecule has 1 aliphatic rings. The van der Waals surface area contributed by atoms with Crippen LogP contribution in [0.1, 0.15) is 12.1 Å². The number of aryl methyl sites for hydroxylation is 1. The van der Waals surface area contributed by atoms with Crippen molar-refractivity contribution in [1.29, 1.82) is 0 Å². The third-order valence-corrected chi connectivity index (χ3v) is 3.38. The molecule has 1 saturated heterocycles. The van der Waals surface area contributed by atoms with Crippen molar-refractivity contribution in [1.82, 2.24) is 19.9 Å². The van der Waals surface area contributed by atoms with Crippen molar-refractivity contribution in [2.45, 2.75) is 18.9 Å². The molecular formula is C14H17N5O. The van der Waals surface area contributed by atoms with Gasteiger partial charge in [0.15, 0.2) is 0 Å². The van der Waals surface area contributed by atoms with Gasteiger partial charge in [0.1, 0.15) is 12.1 Å². The van der Waals surface area contributed by atoms with Crippen LogP contribution in [0.2, 0.25) is 0 Å². The number of aromatic nitrogens is 4. The molecule has 0 radical (unpaired) electrons. The summed E-state index contributed by atoms with van der Waals surface area (Å²) in [6.07, 6.45) is 10.6. The molecular weight excluding hydrogens is 254 g/mol. The SMILES string of the molecule is c1cc(CCC2CN(c3cnccn3)CCO2)ncn1. The maximum absolute atomic E-state index is 5.82. The summed E-state index contributed by atoms with van der Waals surface area (Å²) < 4.78 is 5.82. The summed E-state index contributed by atoms with van der Waals surface area (Å²) in [5.41, 5.74) is 1.06. The molecule has 0 N–H and O–H groups in total. The van der Waals surface area contributed by atoms with Gasteiger partial charge in [0.05, 0.1) is 18.9 Å². The maximum atomic E-state index is 5.82. The van der Waals surface area contributed by atoms with Gasteiger partial charge in [0.2, 0.25) is 0 Å². The quantitative estimate of drug-likeness (QED) is 0.830. The normalized spacial score (nSPS) is 19.0. The van der Waals surface area contributed by atoms with E-state index in [2.05, 4.69) is 24.8 Å². The Morgan fingerprint density at radius 1 is 1.20 bits per heavy atom. The van der Waals surface area contributed by atoms with E-state index in [9.17, 15) is 0 Å². The number of ether oxygens (including phenoxy) is 1. The first-order valence-electron chi connectivity index (χ1n) is 6.79. The van der Waals surface area contributed by atoms with E-state index in [0.29, 0.717) is 0 Å². The Bertz CT molecular complexity index is 522. The smallest absolute Gasteiger partial charge is 0.147 e. The van der Waals surface area contributed by atoms with E-state index in [0.717, 1.165) is 44.0 Å². The van der Waals surface area contributed by atoms with E-state index < -0.39 is 0 Å². The Morgan fingerprint density at radius 3 is 3.00 bits per heavy atom. The summed E-state index contributed by atoms with van der Waals surface area (Å²) in [5.74, 6) is 0.919. The zero-order valence-electron chi connectivity index (χ0n) is 11.2. The van der Waals surface area contributed by atoms with E-state index in [4.69, 9.17) is 4.74 Å². The second-order valence-corrected chi connectivity index (χ2v) is 4.74. The first-order valence-corrected chi connectivity index (χ1v) is 6.79. The predicted molar refractivity (Wildman–Crippen MR) is 74.3 cm³/mol. The number of nitrogens with zero attached hydrogens (tertiary/aromatic N) is 5. The molecule has 1 atom stereocenters. The molecule has 6 heteroatoms. The van der Waals surface area contributed by atoms with Gasteiger partial charge in [-0.1, -0.05) is 0 Å². The van der Waals surface area contributed by atoms with Gasteiger partial charge in [-0.3, -0.25) is 4.98 Å². The van der Waals surface area contributed by atoms with Crippen LogP contribution in [-0.4, -0.2) is 45.7 Å². The van der Waals surface area contributed by atoms with Crippen molar-refractivity contribution in [3.63, 3.8) is 0 Å². The summed E-state index contributed by atoms with van der Waals surface area (Å²) in [6, 6.07) is 1.95. The largest absolute Gasteiger partial charge is 0.375 e. The van der Waals surface area contributed by atoms with Crippen molar-refractivity contribution in [3.8, 4) is 0 Å². The van der Waals surface area contributed by atoms with Gasteiger partial charge in [-0.25, -0.2) is 15.0 Å². The Kier molecular flexibility index (Phi) is 4.13. The molecule has 20 heavy (non-hydrogen) atoms. The first kappa shape index (κ1) is 12.9. The molecule has 2 aromatic rings. The lowest BCUT2D eigenvalue weighted by atomic mass is 10.1. The summed E-state index contributed by atoms with van der Waals surface area (Å²) >= 11 is 0. The van der Waals surface area contributed by atoms with Crippen molar-refractivity contribution in [3.05, 3.63) is 42.9 Å². The van der Waals surface area contributed by atoms with Crippen LogP contribution in [0.15, 0.2) is 37.2 Å². The van der Waals surface area contributed by atoms with Crippen molar-refractivity contribution < 1.29 is 4.74 Å². The minimum Gasteiger partial charge on any atom is -0.375 e. The Labute approximate surface area is 117 Å². The molecule has 3 rings (SSSR count). The van der Waals surface area contributed by atoms with Crippen LogP contribution in [-0.2, 0) is 11.2 Å². The standard InChI is InChI=1S/C14H17N5O/c1(12-3-4-16-11-18-12)2-13-10-19(7-8-20-13)14-9-15-5-6-17-14/h3-6,9,11,13H,1-2,7-8,10H2. The number of morpholine rings is 1. The summed E-state index contributed by atoms with van der Waals surface area (Å²) in [4.78, 5) is 18.8. The number of hydrogen-bond acceptors (Lipinski definition) is 6. The molecule has 0 saturated carbocycles. The number of hydrogen-bond donors (Lipinski definition) is 0. The number of anilines is 1. The highest BCUT2D eigenvalue weighted by Crippen LogP contribution is 2.16. The molecule has 2 aromatic heterocycles. The molecule has 0 aliphatic carbocycles. The second-order valence-electron chi connectivity index (χ2n) is 4.74. The highest BCUT2D eigenvalue weighted by atomic mass is 16.5. The van der Waals surface area contributed by atoms with Gasteiger partial charge in [-0.05, 0) is 18.9 Å². The van der Waals surface area contributed by atoms with E-state index in [1.54, 1.807) is 31.1 Å². The van der Waals surface area contributed by atoms with Crippen LogP contribution in [0, 0.1) is 0 Å². The fourth-order valence-electron chi connectivity index (χ4n) is 2.33. The average molecular weight is 271 g/mol. The van der Waals surface area contributed by atoms with Crippen LogP contribution in [0.4, 0.5) is 5.82 Å². The minimum absolute atomic E-state index is 0.209. The van der Waals surface area contributed by atoms with Crippen LogP contribution in [0.3, 0.4) is 0 Å². The summed E-state index contributed by atoms with van der Waals surface area (Å²) in [6.45, 7) is 2.44. The number of rotatable bonds is 4. The lowest BCUT2D eigenvalue weighted by Gasteiger charge is -2.33. The van der Waals surface area contributed by atoms with Gasteiger partial charge >= 0.3 is 0 Å². The zero-order valence-corrected chi connectivity index (χ0v) is 11.2. The van der Waals surface area contributed by atoms with Crippen LogP contribution >= 0.6 is 0 Å². The summed E-state index contributed by atoms with van der Waals surface area (Å²) in [5, 5.41) is 0. The van der Waals surface area contributed by atoms with Gasteiger partial charge in [-0.2, -0.15) is 0 Å². The predicted octanol–water partition coefficient (Wildman–Crippen LogP) is 1.10. The van der Waals surface area contributed by atoms with Gasteiger partial charge in [0.25, 0.3) is 0 Å². The molecule has 0 aromatic carbocycles. The first-order chi connectivity index (χ1) is 9.92. The Balaban J connectivity index is 1.56. The van der Waals surface area contributed by atoms with Crippen LogP contribution in [0.25, 0.3) is 0 Å². The van der Waals surface area contributed by atoms with Crippen LogP contribution < -0.4 is 4.90 Å². The molecule has 6 nitrogen and oxygen atoms in total. The zero-order chi connectivity index (χ0) is 13.6. The third-order valence-electron chi connectivity index (χ3n) is 3.38. The highest BCUT2D eigenvalue weighted by Gasteiger charge is 2.21. The van der Waals surface area contributed by atoms with Crippen LogP contribution in [0.5, 0.6) is 0 Å². The topological polar surface area (TPSA) is 64.0 Å². The van der Waals surface area contributed by atoms with Crippen molar-refractivity contribution in [2.24, 2.45) is 0 Å². The minimum atomic E-state index is 0.209. The molecule has 1 unspecified atom stereocenters. The van der Waals surface area contributed by atoms with Crippen molar-refractivity contribution in [2.75, 3.05) is 24.6 Å². The molecule has 0 bridgehead atoms. The lowest BCUT2D eigenvalue weighted by Crippen LogP contribution is -2.43. The highest BCUT2D eigenvalue weighted by molar-refractivity contribution is 5.35.